The molecular formula is C9H6Cl2N4O. The molecule has 1 aromatic heterocycles. The van der Waals surface area contributed by atoms with Crippen molar-refractivity contribution in [1.82, 2.24) is 14.9 Å². The Hall–Kier alpha value is -1.59. The minimum atomic E-state index is -0.134. The van der Waals surface area contributed by atoms with Gasteiger partial charge in [-0.15, -0.1) is 10.2 Å². The average Bonchev–Trinajstić information content (AvgIpc) is 2.75. The summed E-state index contributed by atoms with van der Waals surface area (Å²) < 4.78 is 1.43. The first-order valence-electron chi connectivity index (χ1n) is 4.24. The van der Waals surface area contributed by atoms with Crippen LogP contribution in [0.2, 0.25) is 10.0 Å². The Morgan fingerprint density at radius 3 is 2.31 bits per heavy atom. The van der Waals surface area contributed by atoms with E-state index in [1.165, 1.54) is 23.5 Å². The summed E-state index contributed by atoms with van der Waals surface area (Å²) in [5, 5.41) is 20.9. The van der Waals surface area contributed by atoms with E-state index >= 15 is 0 Å². The van der Waals surface area contributed by atoms with Crippen molar-refractivity contribution in [2.75, 3.05) is 0 Å². The van der Waals surface area contributed by atoms with Crippen LogP contribution in [-0.2, 0) is 0 Å². The fraction of sp³-hybridized carbons (Fsp3) is 0. The smallest absolute Gasteiger partial charge is 0.152 e. The third-order valence-corrected chi connectivity index (χ3v) is 2.36. The maximum atomic E-state index is 9.35. The van der Waals surface area contributed by atoms with E-state index in [1.54, 1.807) is 12.1 Å². The lowest BCUT2D eigenvalue weighted by molar-refractivity contribution is 0.476. The van der Waals surface area contributed by atoms with E-state index in [-0.39, 0.29) is 15.8 Å². The van der Waals surface area contributed by atoms with E-state index < -0.39 is 0 Å². The van der Waals surface area contributed by atoms with Gasteiger partial charge in [0.05, 0.1) is 16.3 Å². The van der Waals surface area contributed by atoms with Crippen LogP contribution < -0.4 is 0 Å². The van der Waals surface area contributed by atoms with Gasteiger partial charge in [-0.25, -0.2) is 4.68 Å². The molecule has 0 unspecified atom stereocenters. The van der Waals surface area contributed by atoms with Crippen molar-refractivity contribution in [1.29, 1.82) is 0 Å². The number of rotatable bonds is 2. The largest absolute Gasteiger partial charge is 0.505 e. The second-order valence-electron chi connectivity index (χ2n) is 2.92. The van der Waals surface area contributed by atoms with Crippen LogP contribution in [0.1, 0.15) is 5.56 Å². The molecule has 1 N–H and O–H groups in total. The number of phenolic OH excluding ortho intramolecular Hbond substituents is 1. The topological polar surface area (TPSA) is 63.3 Å². The van der Waals surface area contributed by atoms with Crippen molar-refractivity contribution in [2.24, 2.45) is 5.10 Å². The summed E-state index contributed by atoms with van der Waals surface area (Å²) in [6, 6.07) is 3.10. The minimum absolute atomic E-state index is 0.134. The van der Waals surface area contributed by atoms with E-state index in [9.17, 15) is 5.11 Å². The lowest BCUT2D eigenvalue weighted by Gasteiger charge is -2.00. The molecule has 0 aliphatic rings. The van der Waals surface area contributed by atoms with Crippen molar-refractivity contribution in [3.63, 3.8) is 0 Å². The van der Waals surface area contributed by atoms with Crippen LogP contribution in [0.25, 0.3) is 0 Å². The number of hydrogen-bond acceptors (Lipinski definition) is 4. The Kier molecular flexibility index (Phi) is 3.07. The Morgan fingerprint density at radius 2 is 1.75 bits per heavy atom. The summed E-state index contributed by atoms with van der Waals surface area (Å²) in [6.45, 7) is 0. The van der Waals surface area contributed by atoms with Gasteiger partial charge in [-0.3, -0.25) is 0 Å². The predicted molar refractivity (Wildman–Crippen MR) is 61.1 cm³/mol. The van der Waals surface area contributed by atoms with Gasteiger partial charge in [-0.05, 0) is 17.7 Å². The van der Waals surface area contributed by atoms with Crippen LogP contribution in [0, 0.1) is 0 Å². The summed E-state index contributed by atoms with van der Waals surface area (Å²) in [7, 11) is 0. The van der Waals surface area contributed by atoms with Crippen LogP contribution in [0.5, 0.6) is 5.75 Å². The maximum absolute atomic E-state index is 9.35. The molecule has 7 heteroatoms. The molecule has 1 heterocycles. The lowest BCUT2D eigenvalue weighted by atomic mass is 10.2. The van der Waals surface area contributed by atoms with Gasteiger partial charge in [0.1, 0.15) is 12.7 Å². The Balaban J connectivity index is 2.29. The zero-order valence-corrected chi connectivity index (χ0v) is 9.39. The Labute approximate surface area is 101 Å². The highest BCUT2D eigenvalue weighted by molar-refractivity contribution is 6.37. The van der Waals surface area contributed by atoms with E-state index in [0.29, 0.717) is 5.56 Å². The molecule has 5 nitrogen and oxygen atoms in total. The summed E-state index contributed by atoms with van der Waals surface area (Å²) >= 11 is 11.5. The van der Waals surface area contributed by atoms with Crippen LogP contribution in [0.3, 0.4) is 0 Å². The molecule has 0 saturated heterocycles. The molecule has 0 amide bonds. The van der Waals surface area contributed by atoms with Gasteiger partial charge >= 0.3 is 0 Å². The van der Waals surface area contributed by atoms with Crippen LogP contribution in [0.15, 0.2) is 29.9 Å². The quantitative estimate of drug-likeness (QED) is 0.838. The number of aromatic nitrogens is 3. The minimum Gasteiger partial charge on any atom is -0.505 e. The normalized spacial score (nSPS) is 11.1. The van der Waals surface area contributed by atoms with Crippen molar-refractivity contribution in [3.05, 3.63) is 40.4 Å². The lowest BCUT2D eigenvalue weighted by Crippen LogP contribution is -1.88. The standard InChI is InChI=1S/C9H6Cl2N4O/c10-7-1-6(2-8(11)9(7)16)3-14-15-4-12-13-5-15/h1-5,16H/b14-3-. The van der Waals surface area contributed by atoms with Crippen molar-refractivity contribution in [2.45, 2.75) is 0 Å². The van der Waals surface area contributed by atoms with Crippen molar-refractivity contribution < 1.29 is 5.11 Å². The van der Waals surface area contributed by atoms with Gasteiger partial charge in [0.15, 0.2) is 5.75 Å². The first-order chi connectivity index (χ1) is 7.66. The molecule has 0 radical (unpaired) electrons. The Bertz CT molecular complexity index is 501. The summed E-state index contributed by atoms with van der Waals surface area (Å²) in [5.74, 6) is -0.134. The van der Waals surface area contributed by atoms with Gasteiger partial charge in [0, 0.05) is 0 Å². The molecule has 2 rings (SSSR count). The van der Waals surface area contributed by atoms with Crippen LogP contribution in [0.4, 0.5) is 0 Å². The molecule has 82 valence electrons. The van der Waals surface area contributed by atoms with Crippen molar-refractivity contribution >= 4 is 29.4 Å². The molecule has 0 saturated carbocycles. The van der Waals surface area contributed by atoms with Gasteiger partial charge in [0.2, 0.25) is 0 Å². The first kappa shape index (κ1) is 10.9. The molecule has 0 atom stereocenters. The number of aromatic hydroxyl groups is 1. The molecule has 16 heavy (non-hydrogen) atoms. The summed E-state index contributed by atoms with van der Waals surface area (Å²) in [5.41, 5.74) is 0.668. The third kappa shape index (κ3) is 2.32. The van der Waals surface area contributed by atoms with Crippen LogP contribution >= 0.6 is 23.2 Å². The molecule has 0 bridgehead atoms. The molecule has 0 aliphatic carbocycles. The molecule has 0 spiro atoms. The third-order valence-electron chi connectivity index (χ3n) is 1.79. The van der Waals surface area contributed by atoms with Gasteiger partial charge in [-0.1, -0.05) is 23.2 Å². The molecule has 0 fully saturated rings. The molecule has 2 aromatic rings. The number of benzene rings is 1. The van der Waals surface area contributed by atoms with Crippen LogP contribution in [-0.4, -0.2) is 26.2 Å². The van der Waals surface area contributed by atoms with Gasteiger partial charge in [-0.2, -0.15) is 5.10 Å². The van der Waals surface area contributed by atoms with E-state index in [2.05, 4.69) is 15.3 Å². The van der Waals surface area contributed by atoms with E-state index in [4.69, 9.17) is 23.2 Å². The first-order valence-corrected chi connectivity index (χ1v) is 4.99. The zero-order valence-electron chi connectivity index (χ0n) is 7.88. The highest BCUT2D eigenvalue weighted by Gasteiger charge is 2.05. The van der Waals surface area contributed by atoms with E-state index in [1.807, 2.05) is 0 Å². The van der Waals surface area contributed by atoms with E-state index in [0.717, 1.165) is 0 Å². The second kappa shape index (κ2) is 4.51. The second-order valence-corrected chi connectivity index (χ2v) is 3.73. The number of phenols is 1. The maximum Gasteiger partial charge on any atom is 0.152 e. The molecular weight excluding hydrogens is 251 g/mol. The number of halogens is 2. The predicted octanol–water partition coefficient (Wildman–Crippen LogP) is 2.17. The zero-order chi connectivity index (χ0) is 11.5. The van der Waals surface area contributed by atoms with Gasteiger partial charge in [0.25, 0.3) is 0 Å². The molecule has 1 aromatic carbocycles. The average molecular weight is 257 g/mol. The number of nitrogens with zero attached hydrogens (tertiary/aromatic N) is 4. The summed E-state index contributed by atoms with van der Waals surface area (Å²) in [6.07, 6.45) is 4.42. The van der Waals surface area contributed by atoms with Crippen molar-refractivity contribution in [3.8, 4) is 5.75 Å². The fourth-order valence-electron chi connectivity index (χ4n) is 1.05. The monoisotopic (exact) mass is 256 g/mol. The SMILES string of the molecule is Oc1c(Cl)cc(/C=N\n2cnnc2)cc1Cl. The summed E-state index contributed by atoms with van der Waals surface area (Å²) in [4.78, 5) is 0. The molecule has 0 aliphatic heterocycles. The number of hydrogen-bond donors (Lipinski definition) is 1. The highest BCUT2D eigenvalue weighted by Crippen LogP contribution is 2.32. The Morgan fingerprint density at radius 1 is 1.19 bits per heavy atom. The van der Waals surface area contributed by atoms with Gasteiger partial charge < -0.3 is 5.11 Å². The highest BCUT2D eigenvalue weighted by atomic mass is 35.5. The fourth-order valence-corrected chi connectivity index (χ4v) is 1.55.